The summed E-state index contributed by atoms with van der Waals surface area (Å²) in [5.74, 6) is -1.31. The zero-order valence-electron chi connectivity index (χ0n) is 13.7. The van der Waals surface area contributed by atoms with Gasteiger partial charge in [-0.1, -0.05) is 40.7 Å². The zero-order valence-corrected chi connectivity index (χ0v) is 13.7. The van der Waals surface area contributed by atoms with Crippen molar-refractivity contribution >= 4 is 12.1 Å². The SMILES string of the molecule is CC(C)[C@H](NC(=O)OCc1cccc(C(C)(C)C)n1)C(=O)O. The van der Waals surface area contributed by atoms with E-state index in [1.165, 1.54) is 0 Å². The first-order valence-corrected chi connectivity index (χ1v) is 7.23. The third kappa shape index (κ3) is 5.35. The number of amides is 1. The highest BCUT2D eigenvalue weighted by Gasteiger charge is 2.24. The van der Waals surface area contributed by atoms with Gasteiger partial charge in [0.25, 0.3) is 0 Å². The molecule has 0 spiro atoms. The van der Waals surface area contributed by atoms with Gasteiger partial charge in [-0.3, -0.25) is 4.98 Å². The van der Waals surface area contributed by atoms with E-state index in [1.807, 2.05) is 32.9 Å². The van der Waals surface area contributed by atoms with E-state index in [9.17, 15) is 9.59 Å². The van der Waals surface area contributed by atoms with Crippen molar-refractivity contribution in [3.63, 3.8) is 0 Å². The van der Waals surface area contributed by atoms with Crippen LogP contribution in [0.3, 0.4) is 0 Å². The fourth-order valence-corrected chi connectivity index (χ4v) is 1.80. The summed E-state index contributed by atoms with van der Waals surface area (Å²) in [6, 6.07) is 4.57. The first kappa shape index (κ1) is 17.9. The topological polar surface area (TPSA) is 88.5 Å². The number of carbonyl (C=O) groups excluding carboxylic acids is 1. The van der Waals surface area contributed by atoms with Crippen LogP contribution in [0.2, 0.25) is 0 Å². The van der Waals surface area contributed by atoms with Gasteiger partial charge in [-0.15, -0.1) is 0 Å². The molecule has 1 heterocycles. The van der Waals surface area contributed by atoms with E-state index in [1.54, 1.807) is 19.9 Å². The standard InChI is InChI=1S/C16H24N2O4/c1-10(2)13(14(19)20)18-15(21)22-9-11-7-6-8-12(17-11)16(3,4)5/h6-8,10,13H,9H2,1-5H3,(H,18,21)(H,19,20)/t13-/m0/s1. The monoisotopic (exact) mass is 308 g/mol. The van der Waals surface area contributed by atoms with Crippen LogP contribution in [0.15, 0.2) is 18.2 Å². The summed E-state index contributed by atoms with van der Waals surface area (Å²) < 4.78 is 5.05. The third-order valence-corrected chi connectivity index (χ3v) is 3.13. The number of aromatic nitrogens is 1. The number of ether oxygens (including phenoxy) is 1. The van der Waals surface area contributed by atoms with Crippen molar-refractivity contribution in [2.45, 2.75) is 52.7 Å². The molecule has 1 aromatic rings. The summed E-state index contributed by atoms with van der Waals surface area (Å²) in [6.07, 6.45) is -0.760. The van der Waals surface area contributed by atoms with Gasteiger partial charge in [0.2, 0.25) is 0 Å². The maximum atomic E-state index is 11.7. The third-order valence-electron chi connectivity index (χ3n) is 3.13. The summed E-state index contributed by atoms with van der Waals surface area (Å²) in [6.45, 7) is 9.58. The molecule has 0 saturated carbocycles. The van der Waals surface area contributed by atoms with Gasteiger partial charge < -0.3 is 15.2 Å². The van der Waals surface area contributed by atoms with Gasteiger partial charge in [0.15, 0.2) is 0 Å². The number of carbonyl (C=O) groups is 2. The number of aliphatic carboxylic acids is 1. The lowest BCUT2D eigenvalue weighted by Gasteiger charge is -2.19. The molecule has 0 aromatic carbocycles. The van der Waals surface area contributed by atoms with Crippen molar-refractivity contribution < 1.29 is 19.4 Å². The first-order valence-electron chi connectivity index (χ1n) is 7.23. The predicted molar refractivity (Wildman–Crippen MR) is 82.5 cm³/mol. The Balaban J connectivity index is 2.63. The quantitative estimate of drug-likeness (QED) is 0.873. The van der Waals surface area contributed by atoms with Crippen LogP contribution in [0.4, 0.5) is 4.79 Å². The minimum atomic E-state index is -1.08. The largest absolute Gasteiger partial charge is 0.480 e. The molecule has 0 aliphatic rings. The Labute approximate surface area is 130 Å². The smallest absolute Gasteiger partial charge is 0.408 e. The van der Waals surface area contributed by atoms with Crippen LogP contribution in [-0.2, 0) is 21.6 Å². The number of alkyl carbamates (subject to hydrolysis) is 1. The van der Waals surface area contributed by atoms with Crippen LogP contribution >= 0.6 is 0 Å². The fourth-order valence-electron chi connectivity index (χ4n) is 1.80. The fraction of sp³-hybridized carbons (Fsp3) is 0.562. The van der Waals surface area contributed by atoms with Gasteiger partial charge in [-0.2, -0.15) is 0 Å². The summed E-state index contributed by atoms with van der Waals surface area (Å²) in [7, 11) is 0. The lowest BCUT2D eigenvalue weighted by molar-refractivity contribution is -0.140. The predicted octanol–water partition coefficient (Wildman–Crippen LogP) is 2.71. The summed E-state index contributed by atoms with van der Waals surface area (Å²) in [4.78, 5) is 27.2. The Morgan fingerprint density at radius 2 is 1.95 bits per heavy atom. The van der Waals surface area contributed by atoms with E-state index >= 15 is 0 Å². The van der Waals surface area contributed by atoms with Gasteiger partial charge in [0, 0.05) is 11.1 Å². The van der Waals surface area contributed by atoms with Crippen molar-refractivity contribution in [3.8, 4) is 0 Å². The molecule has 1 rings (SSSR count). The summed E-state index contributed by atoms with van der Waals surface area (Å²) in [5, 5.41) is 11.4. The zero-order chi connectivity index (χ0) is 16.9. The second-order valence-electron chi connectivity index (χ2n) is 6.54. The van der Waals surface area contributed by atoms with Crippen molar-refractivity contribution in [2.75, 3.05) is 0 Å². The highest BCUT2D eigenvalue weighted by molar-refractivity contribution is 5.80. The van der Waals surface area contributed by atoms with Gasteiger partial charge in [0.05, 0.1) is 5.69 Å². The Kier molecular flexibility index (Phi) is 5.91. The Bertz CT molecular complexity index is 535. The Morgan fingerprint density at radius 1 is 1.32 bits per heavy atom. The number of nitrogens with zero attached hydrogens (tertiary/aromatic N) is 1. The van der Waals surface area contributed by atoms with Crippen LogP contribution < -0.4 is 5.32 Å². The lowest BCUT2D eigenvalue weighted by Crippen LogP contribution is -2.44. The Morgan fingerprint density at radius 3 is 2.45 bits per heavy atom. The highest BCUT2D eigenvalue weighted by atomic mass is 16.5. The molecule has 0 aliphatic carbocycles. The number of nitrogens with one attached hydrogen (secondary N) is 1. The second-order valence-corrected chi connectivity index (χ2v) is 6.54. The molecule has 0 aliphatic heterocycles. The molecule has 2 N–H and O–H groups in total. The molecule has 22 heavy (non-hydrogen) atoms. The second kappa shape index (κ2) is 7.24. The average Bonchev–Trinajstić information content (AvgIpc) is 2.41. The molecule has 0 bridgehead atoms. The van der Waals surface area contributed by atoms with Crippen LogP contribution in [0, 0.1) is 5.92 Å². The molecular formula is C16H24N2O4. The molecule has 6 nitrogen and oxygen atoms in total. The van der Waals surface area contributed by atoms with Crippen molar-refractivity contribution in [1.29, 1.82) is 0 Å². The first-order chi connectivity index (χ1) is 10.1. The van der Waals surface area contributed by atoms with Crippen LogP contribution in [0.25, 0.3) is 0 Å². The minimum Gasteiger partial charge on any atom is -0.480 e. The molecular weight excluding hydrogens is 284 g/mol. The average molecular weight is 308 g/mol. The van der Waals surface area contributed by atoms with Gasteiger partial charge >= 0.3 is 12.1 Å². The molecule has 0 saturated heterocycles. The molecule has 6 heteroatoms. The van der Waals surface area contributed by atoms with Crippen LogP contribution in [-0.4, -0.2) is 28.2 Å². The minimum absolute atomic E-state index is 0.000186. The van der Waals surface area contributed by atoms with Crippen LogP contribution in [0.1, 0.15) is 46.0 Å². The van der Waals surface area contributed by atoms with Gasteiger partial charge in [0.1, 0.15) is 12.6 Å². The van der Waals surface area contributed by atoms with Crippen molar-refractivity contribution in [3.05, 3.63) is 29.6 Å². The maximum absolute atomic E-state index is 11.7. The molecule has 1 aromatic heterocycles. The molecule has 0 fully saturated rings. The summed E-state index contributed by atoms with van der Waals surface area (Å²) >= 11 is 0. The van der Waals surface area contributed by atoms with E-state index < -0.39 is 18.1 Å². The number of carboxylic acid groups (broad SMARTS) is 1. The van der Waals surface area contributed by atoms with Crippen LogP contribution in [0.5, 0.6) is 0 Å². The van der Waals surface area contributed by atoms with E-state index in [-0.39, 0.29) is 17.9 Å². The number of pyridine rings is 1. The maximum Gasteiger partial charge on any atom is 0.408 e. The summed E-state index contributed by atoms with van der Waals surface area (Å²) in [5.41, 5.74) is 1.43. The number of hydrogen-bond donors (Lipinski definition) is 2. The Hall–Kier alpha value is -2.11. The lowest BCUT2D eigenvalue weighted by atomic mass is 9.91. The van der Waals surface area contributed by atoms with E-state index in [0.717, 1.165) is 5.69 Å². The number of hydrogen-bond acceptors (Lipinski definition) is 4. The molecule has 1 amide bonds. The van der Waals surface area contributed by atoms with Crippen molar-refractivity contribution in [1.82, 2.24) is 10.3 Å². The molecule has 122 valence electrons. The van der Waals surface area contributed by atoms with E-state index in [2.05, 4.69) is 10.3 Å². The van der Waals surface area contributed by atoms with Crippen molar-refractivity contribution in [2.24, 2.45) is 5.92 Å². The van der Waals surface area contributed by atoms with Gasteiger partial charge in [-0.25, -0.2) is 9.59 Å². The number of carboxylic acids is 1. The molecule has 1 atom stereocenters. The normalized spacial score (nSPS) is 12.8. The number of rotatable bonds is 5. The molecule has 0 radical (unpaired) electrons. The van der Waals surface area contributed by atoms with Gasteiger partial charge in [-0.05, 0) is 18.1 Å². The molecule has 0 unspecified atom stereocenters. The van der Waals surface area contributed by atoms with E-state index in [0.29, 0.717) is 5.69 Å². The highest BCUT2D eigenvalue weighted by Crippen LogP contribution is 2.20. The van der Waals surface area contributed by atoms with E-state index in [4.69, 9.17) is 9.84 Å².